The topological polar surface area (TPSA) is 114 Å². The lowest BCUT2D eigenvalue weighted by Gasteiger charge is -2.11. The fraction of sp³-hybridized carbons (Fsp3) is 0.125. The number of nitrogens with one attached hydrogen (secondary N) is 2. The van der Waals surface area contributed by atoms with Gasteiger partial charge in [0.05, 0.1) is 15.2 Å². The van der Waals surface area contributed by atoms with Crippen LogP contribution in [-0.2, 0) is 19.6 Å². The van der Waals surface area contributed by atoms with Crippen LogP contribution in [0, 0.1) is 31.3 Å². The van der Waals surface area contributed by atoms with Crippen LogP contribution in [0.3, 0.4) is 0 Å². The molecule has 13 heteroatoms. The summed E-state index contributed by atoms with van der Waals surface area (Å²) < 4.78 is 73.3. The molecule has 1 heterocycles. The molecule has 0 saturated carbocycles. The molecule has 8 nitrogen and oxygen atoms in total. The summed E-state index contributed by atoms with van der Waals surface area (Å²) in [6, 6.07) is 11.2. The molecule has 0 aliphatic carbocycles. The number of aryl methyl sites for hydroxylation is 2. The van der Waals surface area contributed by atoms with Crippen molar-refractivity contribution in [2.75, 3.05) is 16.6 Å². The van der Waals surface area contributed by atoms with Gasteiger partial charge in [-0.2, -0.15) is 0 Å². The number of hydrogen-bond donors (Lipinski definition) is 2. The maximum Gasteiger partial charge on any atom is 0.338 e. The molecular formula is C24H18F3N3O5S2. The molecule has 0 saturated heterocycles. The summed E-state index contributed by atoms with van der Waals surface area (Å²) in [6.45, 7) is 2.74. The second-order valence-electron chi connectivity index (χ2n) is 7.93. The van der Waals surface area contributed by atoms with E-state index in [4.69, 9.17) is 4.74 Å². The first-order valence-corrected chi connectivity index (χ1v) is 12.9. The highest BCUT2D eigenvalue weighted by Crippen LogP contribution is 2.30. The van der Waals surface area contributed by atoms with Crippen molar-refractivity contribution in [3.05, 3.63) is 82.7 Å². The zero-order chi connectivity index (χ0) is 26.9. The first-order chi connectivity index (χ1) is 17.4. The molecule has 0 unspecified atom stereocenters. The molecule has 0 radical (unpaired) electrons. The van der Waals surface area contributed by atoms with Crippen molar-refractivity contribution in [1.82, 2.24) is 4.98 Å². The number of carbonyl (C=O) groups excluding carboxylic acids is 2. The molecule has 4 aromatic rings. The third kappa shape index (κ3) is 5.73. The van der Waals surface area contributed by atoms with Crippen molar-refractivity contribution in [1.29, 1.82) is 0 Å². The van der Waals surface area contributed by atoms with Gasteiger partial charge in [-0.3, -0.25) is 14.8 Å². The van der Waals surface area contributed by atoms with E-state index in [9.17, 15) is 31.2 Å². The van der Waals surface area contributed by atoms with Crippen LogP contribution in [0.15, 0.2) is 53.4 Å². The van der Waals surface area contributed by atoms with Crippen molar-refractivity contribution in [3.63, 3.8) is 0 Å². The lowest BCUT2D eigenvalue weighted by Crippen LogP contribution is -2.20. The predicted molar refractivity (Wildman–Crippen MR) is 132 cm³/mol. The van der Waals surface area contributed by atoms with Gasteiger partial charge >= 0.3 is 5.97 Å². The first kappa shape index (κ1) is 26.1. The predicted octanol–water partition coefficient (Wildman–Crippen LogP) is 4.93. The molecule has 0 bridgehead atoms. The fourth-order valence-electron chi connectivity index (χ4n) is 3.28. The normalized spacial score (nSPS) is 11.4. The van der Waals surface area contributed by atoms with E-state index in [0.717, 1.165) is 11.6 Å². The zero-order valence-electron chi connectivity index (χ0n) is 19.3. The number of benzene rings is 3. The summed E-state index contributed by atoms with van der Waals surface area (Å²) in [4.78, 5) is 28.2. The van der Waals surface area contributed by atoms with Crippen LogP contribution < -0.4 is 10.0 Å². The van der Waals surface area contributed by atoms with E-state index in [1.54, 1.807) is 32.0 Å². The number of anilines is 2. The van der Waals surface area contributed by atoms with Gasteiger partial charge in [0, 0.05) is 5.69 Å². The molecule has 3 aromatic carbocycles. The number of carbonyl (C=O) groups is 2. The highest BCUT2D eigenvalue weighted by Gasteiger charge is 2.20. The third-order valence-electron chi connectivity index (χ3n) is 5.11. The number of aromatic nitrogens is 1. The number of hydrogen-bond acceptors (Lipinski definition) is 7. The number of thiazole rings is 1. The molecule has 1 amide bonds. The number of esters is 1. The van der Waals surface area contributed by atoms with Crippen molar-refractivity contribution in [2.24, 2.45) is 0 Å². The van der Waals surface area contributed by atoms with Crippen LogP contribution in [0.2, 0.25) is 0 Å². The number of nitrogens with zero attached hydrogens (tertiary/aromatic N) is 1. The second-order valence-corrected chi connectivity index (χ2v) is 10.6. The van der Waals surface area contributed by atoms with E-state index in [2.05, 4.69) is 15.0 Å². The fourth-order valence-corrected chi connectivity index (χ4v) is 5.57. The third-order valence-corrected chi connectivity index (χ3v) is 7.55. The van der Waals surface area contributed by atoms with Crippen molar-refractivity contribution in [2.45, 2.75) is 18.7 Å². The average molecular weight is 550 g/mol. The van der Waals surface area contributed by atoms with Gasteiger partial charge in [-0.05, 0) is 61.4 Å². The minimum absolute atomic E-state index is 0.0167. The monoisotopic (exact) mass is 549 g/mol. The Hall–Kier alpha value is -3.97. The van der Waals surface area contributed by atoms with Gasteiger partial charge in [-0.25, -0.2) is 31.4 Å². The number of sulfonamides is 1. The molecule has 192 valence electrons. The minimum atomic E-state index is -3.86. The van der Waals surface area contributed by atoms with Gasteiger partial charge in [0.15, 0.2) is 29.2 Å². The minimum Gasteiger partial charge on any atom is -0.452 e. The van der Waals surface area contributed by atoms with Gasteiger partial charge in [0.25, 0.3) is 15.9 Å². The standard InChI is InChI=1S/C24H18F3N3O5S2/c1-12-3-4-13(2)18(9-12)37(33,34)30-15-7-5-14(6-8-15)23(32)35-11-19(31)28-24-29-22-17(36-24)10-16(25)20(26)21(22)27/h3-10,30H,11H2,1-2H3,(H,28,29,31). The van der Waals surface area contributed by atoms with Crippen LogP contribution in [0.1, 0.15) is 21.5 Å². The van der Waals surface area contributed by atoms with E-state index < -0.39 is 51.5 Å². The highest BCUT2D eigenvalue weighted by molar-refractivity contribution is 7.92. The lowest BCUT2D eigenvalue weighted by molar-refractivity contribution is -0.119. The summed E-state index contributed by atoms with van der Waals surface area (Å²) in [7, 11) is -3.86. The second kappa shape index (κ2) is 10.2. The molecule has 4 rings (SSSR count). The van der Waals surface area contributed by atoms with Gasteiger partial charge in [-0.1, -0.05) is 23.5 Å². The molecule has 1 aromatic heterocycles. The van der Waals surface area contributed by atoms with Crippen LogP contribution in [0.25, 0.3) is 10.2 Å². The Labute approximate surface area is 213 Å². The Morgan fingerprint density at radius 2 is 1.70 bits per heavy atom. The Balaban J connectivity index is 1.36. The Kier molecular flexibility index (Phi) is 7.18. The lowest BCUT2D eigenvalue weighted by atomic mass is 10.2. The maximum absolute atomic E-state index is 13.8. The molecule has 0 fully saturated rings. The number of halogens is 3. The summed E-state index contributed by atoms with van der Waals surface area (Å²) in [5, 5.41) is 2.13. The summed E-state index contributed by atoms with van der Waals surface area (Å²) >= 11 is 0.713. The molecule has 37 heavy (non-hydrogen) atoms. The number of ether oxygens (including phenoxy) is 1. The molecule has 0 spiro atoms. The van der Waals surface area contributed by atoms with E-state index in [-0.39, 0.29) is 26.0 Å². The van der Waals surface area contributed by atoms with E-state index >= 15 is 0 Å². The van der Waals surface area contributed by atoms with Crippen LogP contribution in [0.4, 0.5) is 24.0 Å². The van der Waals surface area contributed by atoms with Crippen LogP contribution in [0.5, 0.6) is 0 Å². The SMILES string of the molecule is Cc1ccc(C)c(S(=O)(=O)Nc2ccc(C(=O)OCC(=O)Nc3nc4c(F)c(F)c(F)cc4s3)cc2)c1. The number of amides is 1. The highest BCUT2D eigenvalue weighted by atomic mass is 32.2. The molecule has 0 atom stereocenters. The smallest absolute Gasteiger partial charge is 0.338 e. The van der Waals surface area contributed by atoms with Gasteiger partial charge < -0.3 is 4.74 Å². The van der Waals surface area contributed by atoms with E-state index in [1.165, 1.54) is 24.3 Å². The van der Waals surface area contributed by atoms with E-state index in [1.807, 2.05) is 0 Å². The van der Waals surface area contributed by atoms with Crippen molar-refractivity contribution in [3.8, 4) is 0 Å². The van der Waals surface area contributed by atoms with Gasteiger partial charge in [0.2, 0.25) is 0 Å². The molecule has 0 aliphatic heterocycles. The summed E-state index contributed by atoms with van der Waals surface area (Å²) in [6.07, 6.45) is 0. The summed E-state index contributed by atoms with van der Waals surface area (Å²) in [5.41, 5.74) is 1.18. The number of rotatable bonds is 7. The first-order valence-electron chi connectivity index (χ1n) is 10.6. The van der Waals surface area contributed by atoms with Crippen molar-refractivity contribution < 1.29 is 35.9 Å². The van der Waals surface area contributed by atoms with Gasteiger partial charge in [0.1, 0.15) is 5.52 Å². The largest absolute Gasteiger partial charge is 0.452 e. The molecule has 2 N–H and O–H groups in total. The van der Waals surface area contributed by atoms with Crippen molar-refractivity contribution >= 4 is 54.3 Å². The van der Waals surface area contributed by atoms with E-state index in [0.29, 0.717) is 16.9 Å². The summed E-state index contributed by atoms with van der Waals surface area (Å²) in [5.74, 6) is -6.21. The Morgan fingerprint density at radius 3 is 2.41 bits per heavy atom. The molecular weight excluding hydrogens is 531 g/mol. The maximum atomic E-state index is 13.8. The molecule has 0 aliphatic rings. The number of fused-ring (bicyclic) bond motifs is 1. The Bertz CT molecular complexity index is 1640. The van der Waals surface area contributed by atoms with Gasteiger partial charge in [-0.15, -0.1) is 0 Å². The van der Waals surface area contributed by atoms with Crippen LogP contribution >= 0.6 is 11.3 Å². The zero-order valence-corrected chi connectivity index (χ0v) is 20.9. The quantitative estimate of drug-likeness (QED) is 0.250. The average Bonchev–Trinajstić information content (AvgIpc) is 3.24. The van der Waals surface area contributed by atoms with Crippen LogP contribution in [-0.4, -0.2) is 31.9 Å². The Morgan fingerprint density at radius 1 is 1.00 bits per heavy atom.